The Morgan fingerprint density at radius 2 is 1.71 bits per heavy atom. The third kappa shape index (κ3) is 3.43. The number of fused-ring (bicyclic) bond motifs is 1. The maximum Gasteiger partial charge on any atom is 0.277 e. The number of aromatic nitrogens is 2. The molecule has 1 atom stereocenters. The van der Waals surface area contributed by atoms with Gasteiger partial charge in [0.15, 0.2) is 0 Å². The number of H-pyrrole nitrogens is 1. The highest BCUT2D eigenvalue weighted by atomic mass is 79.9. The summed E-state index contributed by atoms with van der Waals surface area (Å²) >= 11 is 3.48. The molecule has 5 nitrogen and oxygen atoms in total. The Labute approximate surface area is 188 Å². The highest BCUT2D eigenvalue weighted by molar-refractivity contribution is 9.10. The number of benzene rings is 3. The van der Waals surface area contributed by atoms with E-state index in [4.69, 9.17) is 4.74 Å². The van der Waals surface area contributed by atoms with Gasteiger partial charge in [0.1, 0.15) is 11.4 Å². The lowest BCUT2D eigenvalue weighted by molar-refractivity contribution is 0.0989. The Morgan fingerprint density at radius 1 is 1.00 bits per heavy atom. The molecule has 3 aromatic carbocycles. The molecule has 0 saturated heterocycles. The molecule has 1 aliphatic rings. The van der Waals surface area contributed by atoms with Gasteiger partial charge in [0, 0.05) is 21.3 Å². The first-order valence-electron chi connectivity index (χ1n) is 10.1. The maximum absolute atomic E-state index is 13.5. The van der Waals surface area contributed by atoms with Crippen LogP contribution in [0.1, 0.15) is 34.6 Å². The first kappa shape index (κ1) is 19.6. The lowest BCUT2D eigenvalue weighted by atomic mass is 9.96. The van der Waals surface area contributed by atoms with E-state index < -0.39 is 0 Å². The number of aromatic amines is 1. The van der Waals surface area contributed by atoms with Gasteiger partial charge < -0.3 is 4.74 Å². The zero-order valence-electron chi connectivity index (χ0n) is 16.9. The molecule has 0 spiro atoms. The van der Waals surface area contributed by atoms with Crippen molar-refractivity contribution in [2.45, 2.75) is 13.0 Å². The minimum atomic E-state index is -0.273. The second-order valence-electron chi connectivity index (χ2n) is 7.28. The number of nitrogens with one attached hydrogen (secondary N) is 1. The lowest BCUT2D eigenvalue weighted by Crippen LogP contribution is -2.29. The number of hydrogen-bond acceptors (Lipinski definition) is 3. The van der Waals surface area contributed by atoms with Crippen LogP contribution in [-0.4, -0.2) is 22.7 Å². The fourth-order valence-electron chi connectivity index (χ4n) is 4.06. The van der Waals surface area contributed by atoms with E-state index in [1.807, 2.05) is 90.7 Å². The molecule has 1 N–H and O–H groups in total. The van der Waals surface area contributed by atoms with Gasteiger partial charge in [-0.1, -0.05) is 46.3 Å². The van der Waals surface area contributed by atoms with E-state index in [0.29, 0.717) is 12.3 Å². The molecule has 4 aromatic rings. The number of hydrogen-bond donors (Lipinski definition) is 1. The summed E-state index contributed by atoms with van der Waals surface area (Å²) in [5, 5.41) is 7.53. The normalized spacial score (nSPS) is 15.2. The van der Waals surface area contributed by atoms with Gasteiger partial charge in [-0.05, 0) is 61.0 Å². The van der Waals surface area contributed by atoms with Crippen molar-refractivity contribution in [2.24, 2.45) is 0 Å². The number of halogens is 1. The van der Waals surface area contributed by atoms with E-state index in [-0.39, 0.29) is 11.9 Å². The maximum atomic E-state index is 13.5. The van der Waals surface area contributed by atoms with Crippen LogP contribution in [0.4, 0.5) is 5.69 Å². The fraction of sp³-hybridized carbons (Fsp3) is 0.120. The molecule has 0 fully saturated rings. The molecule has 2 heterocycles. The molecule has 0 saturated carbocycles. The number of carbonyl (C=O) groups excluding carboxylic acids is 1. The Kier molecular flexibility index (Phi) is 5.08. The third-order valence-corrected chi connectivity index (χ3v) is 5.96. The summed E-state index contributed by atoms with van der Waals surface area (Å²) in [7, 11) is 0. The van der Waals surface area contributed by atoms with Crippen LogP contribution >= 0.6 is 15.9 Å². The number of anilines is 1. The smallest absolute Gasteiger partial charge is 0.277 e. The van der Waals surface area contributed by atoms with Crippen LogP contribution < -0.4 is 9.64 Å². The Balaban J connectivity index is 1.65. The summed E-state index contributed by atoms with van der Waals surface area (Å²) < 4.78 is 6.54. The Morgan fingerprint density at radius 3 is 2.39 bits per heavy atom. The van der Waals surface area contributed by atoms with Crippen LogP contribution in [0.2, 0.25) is 0 Å². The standard InChI is InChI=1S/C25H20BrN3O2/c1-2-31-20-14-8-16(9-15-20)22-21-23(28-27-22)25(30)29(19-12-10-18(26)11-13-19)24(21)17-6-4-3-5-7-17/h3-15,24H,2H2,1H3,(H,27,28)/t24-/m1/s1. The van der Waals surface area contributed by atoms with Crippen LogP contribution in [0.15, 0.2) is 83.3 Å². The molecule has 5 rings (SSSR count). The number of ether oxygens (including phenoxy) is 1. The van der Waals surface area contributed by atoms with Crippen LogP contribution in [-0.2, 0) is 0 Å². The van der Waals surface area contributed by atoms with Gasteiger partial charge in [-0.15, -0.1) is 0 Å². The fourth-order valence-corrected chi connectivity index (χ4v) is 4.33. The van der Waals surface area contributed by atoms with Crippen molar-refractivity contribution in [3.8, 4) is 17.0 Å². The van der Waals surface area contributed by atoms with Crippen molar-refractivity contribution >= 4 is 27.5 Å². The van der Waals surface area contributed by atoms with Crippen molar-refractivity contribution in [2.75, 3.05) is 11.5 Å². The van der Waals surface area contributed by atoms with Crippen LogP contribution in [0.3, 0.4) is 0 Å². The average molecular weight is 474 g/mol. The number of carbonyl (C=O) groups is 1. The van der Waals surface area contributed by atoms with Crippen molar-refractivity contribution in [3.63, 3.8) is 0 Å². The van der Waals surface area contributed by atoms with Crippen molar-refractivity contribution in [3.05, 3.63) is 100 Å². The number of nitrogens with zero attached hydrogens (tertiary/aromatic N) is 2. The zero-order chi connectivity index (χ0) is 21.4. The van der Waals surface area contributed by atoms with Crippen LogP contribution in [0, 0.1) is 0 Å². The molecule has 0 aliphatic carbocycles. The van der Waals surface area contributed by atoms with E-state index >= 15 is 0 Å². The summed E-state index contributed by atoms with van der Waals surface area (Å²) in [5.74, 6) is 0.724. The minimum absolute atomic E-state index is 0.0872. The molecule has 1 aliphatic heterocycles. The molecule has 154 valence electrons. The van der Waals surface area contributed by atoms with E-state index in [1.54, 1.807) is 0 Å². The molecule has 0 bridgehead atoms. The SMILES string of the molecule is CCOc1ccc(-c2n[nH]c3c2[C@@H](c2ccccc2)N(c2ccc(Br)cc2)C3=O)cc1. The monoisotopic (exact) mass is 473 g/mol. The molecule has 0 unspecified atom stereocenters. The summed E-state index contributed by atoms with van der Waals surface area (Å²) in [5.41, 5.74) is 5.01. The molecule has 1 amide bonds. The highest BCUT2D eigenvalue weighted by Gasteiger charge is 2.42. The number of amides is 1. The van der Waals surface area contributed by atoms with Gasteiger partial charge in [0.2, 0.25) is 0 Å². The van der Waals surface area contributed by atoms with Crippen molar-refractivity contribution in [1.29, 1.82) is 0 Å². The van der Waals surface area contributed by atoms with Crippen LogP contribution in [0.25, 0.3) is 11.3 Å². The molecular formula is C25H20BrN3O2. The molecule has 1 aromatic heterocycles. The Hall–Kier alpha value is -3.38. The Bertz CT molecular complexity index is 1220. The first-order valence-corrected chi connectivity index (χ1v) is 10.9. The molecule has 0 radical (unpaired) electrons. The summed E-state index contributed by atoms with van der Waals surface area (Å²) in [6, 6.07) is 25.4. The zero-order valence-corrected chi connectivity index (χ0v) is 18.5. The quantitative estimate of drug-likeness (QED) is 0.387. The second-order valence-corrected chi connectivity index (χ2v) is 8.20. The number of rotatable bonds is 5. The summed E-state index contributed by atoms with van der Waals surface area (Å²) in [4.78, 5) is 15.3. The van der Waals surface area contributed by atoms with E-state index in [9.17, 15) is 4.79 Å². The predicted molar refractivity (Wildman–Crippen MR) is 124 cm³/mol. The summed E-state index contributed by atoms with van der Waals surface area (Å²) in [6.45, 7) is 2.57. The van der Waals surface area contributed by atoms with Crippen molar-refractivity contribution < 1.29 is 9.53 Å². The van der Waals surface area contributed by atoms with E-state index in [0.717, 1.165) is 38.3 Å². The van der Waals surface area contributed by atoms with E-state index in [1.165, 1.54) is 0 Å². The largest absolute Gasteiger partial charge is 0.494 e. The summed E-state index contributed by atoms with van der Waals surface area (Å²) in [6.07, 6.45) is 0. The van der Waals surface area contributed by atoms with Gasteiger partial charge in [0.25, 0.3) is 5.91 Å². The van der Waals surface area contributed by atoms with Gasteiger partial charge >= 0.3 is 0 Å². The highest BCUT2D eigenvalue weighted by Crippen LogP contribution is 2.45. The van der Waals surface area contributed by atoms with Gasteiger partial charge in [-0.2, -0.15) is 5.10 Å². The lowest BCUT2D eigenvalue weighted by Gasteiger charge is -2.26. The first-order chi connectivity index (χ1) is 15.2. The van der Waals surface area contributed by atoms with Gasteiger partial charge in [0.05, 0.1) is 18.3 Å². The minimum Gasteiger partial charge on any atom is -0.494 e. The topological polar surface area (TPSA) is 58.2 Å². The molecule has 31 heavy (non-hydrogen) atoms. The van der Waals surface area contributed by atoms with Crippen molar-refractivity contribution in [1.82, 2.24) is 10.2 Å². The predicted octanol–water partition coefficient (Wildman–Crippen LogP) is 5.99. The van der Waals surface area contributed by atoms with Crippen LogP contribution in [0.5, 0.6) is 5.75 Å². The second kappa shape index (κ2) is 8.04. The molecular weight excluding hydrogens is 454 g/mol. The average Bonchev–Trinajstić information content (AvgIpc) is 3.35. The molecule has 6 heteroatoms. The van der Waals surface area contributed by atoms with Gasteiger partial charge in [-0.3, -0.25) is 14.8 Å². The van der Waals surface area contributed by atoms with Gasteiger partial charge in [-0.25, -0.2) is 0 Å². The third-order valence-electron chi connectivity index (χ3n) is 5.43. The van der Waals surface area contributed by atoms with E-state index in [2.05, 4.69) is 26.1 Å².